The number of halogens is 2. The van der Waals surface area contributed by atoms with Crippen LogP contribution < -0.4 is 4.90 Å². The van der Waals surface area contributed by atoms with Crippen LogP contribution in [0.15, 0.2) is 42.5 Å². The number of nitrogens with zero attached hydrogens (tertiary/aromatic N) is 3. The van der Waals surface area contributed by atoms with Gasteiger partial charge in [-0.05, 0) is 37.1 Å². The number of hydrazine groups is 1. The first kappa shape index (κ1) is 18.1. The first-order valence-electron chi connectivity index (χ1n) is 9.40. The molecule has 0 aromatic heterocycles. The van der Waals surface area contributed by atoms with Gasteiger partial charge >= 0.3 is 0 Å². The van der Waals surface area contributed by atoms with E-state index in [2.05, 4.69) is 34.3 Å². The molecule has 3 heterocycles. The lowest BCUT2D eigenvalue weighted by Crippen LogP contribution is -2.44. The Morgan fingerprint density at radius 2 is 1.57 bits per heavy atom. The summed E-state index contributed by atoms with van der Waals surface area (Å²) in [7, 11) is 0. The van der Waals surface area contributed by atoms with Crippen LogP contribution in [-0.2, 0) is 9.59 Å². The number of aryl methyl sites for hydroxylation is 1. The second kappa shape index (κ2) is 6.56. The number of hydrogen-bond acceptors (Lipinski definition) is 4. The van der Waals surface area contributed by atoms with Gasteiger partial charge in [0.15, 0.2) is 0 Å². The number of amides is 2. The molecule has 5 rings (SSSR count). The summed E-state index contributed by atoms with van der Waals surface area (Å²) in [5.74, 6) is -0.845. The number of fused-ring (bicyclic) bond motifs is 3. The Hall–Kier alpha value is -1.92. The van der Waals surface area contributed by atoms with Crippen molar-refractivity contribution in [3.63, 3.8) is 0 Å². The molecule has 2 aromatic rings. The van der Waals surface area contributed by atoms with Crippen LogP contribution in [0, 0.1) is 12.8 Å². The van der Waals surface area contributed by atoms with Crippen molar-refractivity contribution in [2.24, 2.45) is 5.92 Å². The summed E-state index contributed by atoms with van der Waals surface area (Å²) in [5.41, 5.74) is 2.64. The molecular formula is C21H19Cl2N3O2. The van der Waals surface area contributed by atoms with Crippen LogP contribution in [0.4, 0.5) is 5.69 Å². The van der Waals surface area contributed by atoms with E-state index < -0.39 is 12.0 Å². The molecule has 0 saturated carbocycles. The largest absolute Gasteiger partial charge is 0.274 e. The molecule has 0 N–H and O–H groups in total. The number of hydrogen-bond donors (Lipinski definition) is 0. The van der Waals surface area contributed by atoms with Gasteiger partial charge in [-0.15, -0.1) is 0 Å². The molecule has 0 radical (unpaired) electrons. The van der Waals surface area contributed by atoms with E-state index in [1.165, 1.54) is 10.5 Å². The van der Waals surface area contributed by atoms with E-state index in [0.29, 0.717) is 15.7 Å². The minimum atomic E-state index is -0.479. The van der Waals surface area contributed by atoms with E-state index in [1.54, 1.807) is 18.2 Å². The molecule has 2 amide bonds. The maximum atomic E-state index is 13.5. The van der Waals surface area contributed by atoms with Gasteiger partial charge in [-0.25, -0.2) is 14.9 Å². The van der Waals surface area contributed by atoms with Crippen LogP contribution in [0.2, 0.25) is 10.0 Å². The number of rotatable bonds is 2. The van der Waals surface area contributed by atoms with E-state index in [4.69, 9.17) is 23.2 Å². The van der Waals surface area contributed by atoms with Gasteiger partial charge in [0, 0.05) is 18.1 Å². The fraction of sp³-hybridized carbons (Fsp3) is 0.333. The maximum absolute atomic E-state index is 13.5. The molecule has 0 spiro atoms. The Bertz CT molecular complexity index is 978. The Morgan fingerprint density at radius 1 is 0.893 bits per heavy atom. The zero-order chi connectivity index (χ0) is 19.6. The van der Waals surface area contributed by atoms with Gasteiger partial charge in [-0.3, -0.25) is 9.59 Å². The third-order valence-electron chi connectivity index (χ3n) is 5.98. The van der Waals surface area contributed by atoms with Gasteiger partial charge in [-0.2, -0.15) is 0 Å². The molecule has 3 atom stereocenters. The first-order valence-corrected chi connectivity index (χ1v) is 10.2. The summed E-state index contributed by atoms with van der Waals surface area (Å²) in [6, 6.07) is 12.5. The van der Waals surface area contributed by atoms with E-state index in [1.807, 2.05) is 6.92 Å². The van der Waals surface area contributed by atoms with E-state index in [9.17, 15) is 9.59 Å². The van der Waals surface area contributed by atoms with Crippen molar-refractivity contribution in [3.8, 4) is 0 Å². The van der Waals surface area contributed by atoms with Crippen molar-refractivity contribution in [3.05, 3.63) is 63.6 Å². The number of benzene rings is 2. The molecule has 3 fully saturated rings. The average molecular weight is 416 g/mol. The van der Waals surface area contributed by atoms with Crippen molar-refractivity contribution in [1.29, 1.82) is 0 Å². The topological polar surface area (TPSA) is 43.9 Å². The third-order valence-corrected chi connectivity index (χ3v) is 6.51. The quantitative estimate of drug-likeness (QED) is 0.698. The predicted molar refractivity (Wildman–Crippen MR) is 108 cm³/mol. The van der Waals surface area contributed by atoms with Crippen LogP contribution in [0.5, 0.6) is 0 Å². The lowest BCUT2D eigenvalue weighted by molar-refractivity contribution is -0.126. The highest BCUT2D eigenvalue weighted by Gasteiger charge is 2.63. The molecule has 144 valence electrons. The summed E-state index contributed by atoms with van der Waals surface area (Å²) in [5, 5.41) is 5.06. The number of anilines is 1. The van der Waals surface area contributed by atoms with Crippen molar-refractivity contribution in [2.75, 3.05) is 18.0 Å². The molecule has 3 aliphatic rings. The summed E-state index contributed by atoms with van der Waals surface area (Å²) < 4.78 is 0. The summed E-state index contributed by atoms with van der Waals surface area (Å²) in [6.45, 7) is 3.68. The molecular weight excluding hydrogens is 397 g/mol. The van der Waals surface area contributed by atoms with Crippen molar-refractivity contribution in [1.82, 2.24) is 10.0 Å². The third kappa shape index (κ3) is 2.54. The monoisotopic (exact) mass is 415 g/mol. The molecule has 0 aliphatic carbocycles. The molecule has 0 bridgehead atoms. The van der Waals surface area contributed by atoms with Crippen LogP contribution in [0.1, 0.15) is 23.6 Å². The zero-order valence-corrected chi connectivity index (χ0v) is 16.8. The lowest BCUT2D eigenvalue weighted by Gasteiger charge is -2.30. The normalized spacial score (nSPS) is 27.5. The summed E-state index contributed by atoms with van der Waals surface area (Å²) in [4.78, 5) is 28.1. The minimum absolute atomic E-state index is 0.138. The van der Waals surface area contributed by atoms with Crippen LogP contribution in [-0.4, -0.2) is 41.0 Å². The fourth-order valence-corrected chi connectivity index (χ4v) is 5.27. The second-order valence-corrected chi connectivity index (χ2v) is 8.46. The zero-order valence-electron chi connectivity index (χ0n) is 15.3. The Balaban J connectivity index is 1.59. The Morgan fingerprint density at radius 3 is 2.25 bits per heavy atom. The van der Waals surface area contributed by atoms with E-state index in [-0.39, 0.29) is 17.9 Å². The second-order valence-electron chi connectivity index (χ2n) is 7.61. The van der Waals surface area contributed by atoms with Crippen molar-refractivity contribution < 1.29 is 9.59 Å². The fourth-order valence-electron chi connectivity index (χ4n) is 4.78. The number of carbonyl (C=O) groups is 2. The van der Waals surface area contributed by atoms with Crippen LogP contribution in [0.3, 0.4) is 0 Å². The predicted octanol–water partition coefficient (Wildman–Crippen LogP) is 3.84. The van der Waals surface area contributed by atoms with Gasteiger partial charge in [0.2, 0.25) is 5.91 Å². The van der Waals surface area contributed by atoms with Gasteiger partial charge in [0.25, 0.3) is 5.91 Å². The highest BCUT2D eigenvalue weighted by Crippen LogP contribution is 2.49. The van der Waals surface area contributed by atoms with E-state index in [0.717, 1.165) is 25.1 Å². The molecule has 28 heavy (non-hydrogen) atoms. The SMILES string of the molecule is Cc1ccc([C@@H]2[C@H]3C(=O)N(c4ccc(Cl)cc4Cl)C(=O)[C@H]3N3CCCN23)cc1. The standard InChI is InChI=1S/C21H19Cl2N3O2/c1-12-3-5-13(6-4-12)18-17-19(25-10-2-9-24(18)25)21(28)26(20(17)27)16-8-7-14(22)11-15(16)23/h3-8,11,17-19H,2,9-10H2,1H3/t17-,18-,19+/m1/s1. The van der Waals surface area contributed by atoms with Gasteiger partial charge in [0.1, 0.15) is 6.04 Å². The minimum Gasteiger partial charge on any atom is -0.274 e. The Kier molecular flexibility index (Phi) is 4.25. The molecule has 3 aliphatic heterocycles. The summed E-state index contributed by atoms with van der Waals surface area (Å²) >= 11 is 12.3. The highest BCUT2D eigenvalue weighted by atomic mass is 35.5. The molecule has 0 unspecified atom stereocenters. The summed E-state index contributed by atoms with van der Waals surface area (Å²) in [6.07, 6.45) is 0.981. The molecule has 5 nitrogen and oxygen atoms in total. The Labute approximate surface area is 173 Å². The van der Waals surface area contributed by atoms with Gasteiger partial charge < -0.3 is 0 Å². The number of imide groups is 1. The molecule has 2 aromatic carbocycles. The van der Waals surface area contributed by atoms with Crippen molar-refractivity contribution >= 4 is 40.7 Å². The highest BCUT2D eigenvalue weighted by molar-refractivity contribution is 6.38. The lowest BCUT2D eigenvalue weighted by atomic mass is 9.89. The first-order chi connectivity index (χ1) is 13.5. The maximum Gasteiger partial charge on any atom is 0.253 e. The molecule has 3 saturated heterocycles. The van der Waals surface area contributed by atoms with Crippen LogP contribution >= 0.6 is 23.2 Å². The van der Waals surface area contributed by atoms with Crippen LogP contribution in [0.25, 0.3) is 0 Å². The van der Waals surface area contributed by atoms with Gasteiger partial charge in [-0.1, -0.05) is 53.0 Å². The number of carbonyl (C=O) groups excluding carboxylic acids is 2. The van der Waals surface area contributed by atoms with Crippen molar-refractivity contribution in [2.45, 2.75) is 25.4 Å². The molecule has 7 heteroatoms. The van der Waals surface area contributed by atoms with Gasteiger partial charge in [0.05, 0.1) is 22.7 Å². The van der Waals surface area contributed by atoms with E-state index >= 15 is 0 Å². The smallest absolute Gasteiger partial charge is 0.253 e. The average Bonchev–Trinajstić information content (AvgIpc) is 3.30.